The minimum Gasteiger partial charge on any atom is -0.0966 e. The molecule has 0 atom stereocenters. The molecule has 0 fully saturated rings. The van der Waals surface area contributed by atoms with Crippen LogP contribution in [0.3, 0.4) is 0 Å². The lowest BCUT2D eigenvalue weighted by Gasteiger charge is -2.16. The molecule has 0 saturated heterocycles. The fourth-order valence-corrected chi connectivity index (χ4v) is 6.89. The van der Waals surface area contributed by atoms with Gasteiger partial charge in [0.1, 0.15) is 0 Å². The van der Waals surface area contributed by atoms with Gasteiger partial charge in [-0.25, -0.2) is 0 Å². The van der Waals surface area contributed by atoms with E-state index in [4.69, 9.17) is 0 Å². The van der Waals surface area contributed by atoms with E-state index in [-0.39, 0.29) is 0 Å². The number of hydrogen-bond donors (Lipinski definition) is 0. The molecule has 110 valence electrons. The highest BCUT2D eigenvalue weighted by Gasteiger charge is 2.23. The molecule has 4 aromatic rings. The zero-order valence-corrected chi connectivity index (χ0v) is 14.5. The maximum absolute atomic E-state index is 2.35. The van der Waals surface area contributed by atoms with Crippen LogP contribution in [-0.2, 0) is 0 Å². The molecule has 4 aromatic carbocycles. The minimum atomic E-state index is -1.23. The van der Waals surface area contributed by atoms with Crippen LogP contribution in [0, 0.1) is 0 Å². The lowest BCUT2D eigenvalue weighted by atomic mass is 10.1. The lowest BCUT2D eigenvalue weighted by molar-refractivity contribution is 1.44. The van der Waals surface area contributed by atoms with E-state index in [2.05, 4.69) is 91.9 Å². The van der Waals surface area contributed by atoms with Gasteiger partial charge < -0.3 is 0 Å². The molecular formula is C22H19Al. The van der Waals surface area contributed by atoms with E-state index < -0.39 is 14.1 Å². The SMILES string of the molecule is C[CH2][Al]([c]1cccc2ccccc12)[c]1cccc2ccccc12. The Morgan fingerprint density at radius 2 is 1.00 bits per heavy atom. The van der Waals surface area contributed by atoms with Crippen LogP contribution >= 0.6 is 0 Å². The van der Waals surface area contributed by atoms with Crippen molar-refractivity contribution in [2.24, 2.45) is 0 Å². The van der Waals surface area contributed by atoms with Crippen LogP contribution in [0.4, 0.5) is 0 Å². The Labute approximate surface area is 141 Å². The predicted octanol–water partition coefficient (Wildman–Crippen LogP) is 4.62. The topological polar surface area (TPSA) is 0 Å². The second-order valence-corrected chi connectivity index (χ2v) is 9.26. The Morgan fingerprint density at radius 3 is 1.48 bits per heavy atom. The highest BCUT2D eigenvalue weighted by Crippen LogP contribution is 2.16. The molecule has 0 radical (unpaired) electrons. The van der Waals surface area contributed by atoms with Crippen LogP contribution < -0.4 is 8.85 Å². The Balaban J connectivity index is 1.97. The zero-order valence-electron chi connectivity index (χ0n) is 13.4. The minimum absolute atomic E-state index is 1.23. The summed E-state index contributed by atoms with van der Waals surface area (Å²) in [6.07, 6.45) is 0. The van der Waals surface area contributed by atoms with E-state index in [0.717, 1.165) is 0 Å². The van der Waals surface area contributed by atoms with Crippen molar-refractivity contribution >= 4 is 44.5 Å². The van der Waals surface area contributed by atoms with Gasteiger partial charge in [0.05, 0.1) is 0 Å². The molecule has 0 spiro atoms. The molecule has 0 N–H and O–H groups in total. The highest BCUT2D eigenvalue weighted by molar-refractivity contribution is 6.88. The van der Waals surface area contributed by atoms with Gasteiger partial charge in [-0.05, 0) is 21.5 Å². The van der Waals surface area contributed by atoms with Gasteiger partial charge in [-0.15, -0.1) is 0 Å². The second-order valence-electron chi connectivity index (χ2n) is 6.10. The zero-order chi connectivity index (χ0) is 15.6. The van der Waals surface area contributed by atoms with Crippen LogP contribution in [-0.4, -0.2) is 14.1 Å². The molecule has 0 nitrogen and oxygen atoms in total. The summed E-state index contributed by atoms with van der Waals surface area (Å²) in [6, 6.07) is 31.2. The quantitative estimate of drug-likeness (QED) is 0.484. The first kappa shape index (κ1) is 14.5. The Morgan fingerprint density at radius 1 is 0.565 bits per heavy atom. The van der Waals surface area contributed by atoms with E-state index in [0.29, 0.717) is 0 Å². The Hall–Kier alpha value is -2.07. The molecule has 23 heavy (non-hydrogen) atoms. The molecular weight excluding hydrogens is 291 g/mol. The number of benzene rings is 4. The van der Waals surface area contributed by atoms with Gasteiger partial charge >= 0.3 is 14.1 Å². The smallest absolute Gasteiger partial charge is 0.0966 e. The molecule has 0 aliphatic rings. The van der Waals surface area contributed by atoms with Crippen molar-refractivity contribution < 1.29 is 0 Å². The third-order valence-electron chi connectivity index (χ3n) is 4.81. The van der Waals surface area contributed by atoms with Crippen molar-refractivity contribution in [2.75, 3.05) is 0 Å². The molecule has 0 amide bonds. The second kappa shape index (κ2) is 6.21. The lowest BCUT2D eigenvalue weighted by Crippen LogP contribution is -2.42. The van der Waals surface area contributed by atoms with Gasteiger partial charge in [0.2, 0.25) is 0 Å². The van der Waals surface area contributed by atoms with Crippen molar-refractivity contribution in [3.05, 3.63) is 84.9 Å². The van der Waals surface area contributed by atoms with Gasteiger partial charge in [0.25, 0.3) is 0 Å². The standard InChI is InChI=1S/2C10H7.C2H5.Al/c2*1-2-6-10-8-4-3-7-9(10)5-1;1-2;/h2*1-7H;1H2,2H3;. The van der Waals surface area contributed by atoms with Crippen LogP contribution in [0.5, 0.6) is 0 Å². The fraction of sp³-hybridized carbons (Fsp3) is 0.0909. The fourth-order valence-electron chi connectivity index (χ4n) is 3.72. The first-order chi connectivity index (χ1) is 11.4. The summed E-state index contributed by atoms with van der Waals surface area (Å²) in [6.45, 7) is 2.35. The summed E-state index contributed by atoms with van der Waals surface area (Å²) < 4.78 is 3.14. The third-order valence-corrected chi connectivity index (χ3v) is 8.13. The van der Waals surface area contributed by atoms with Crippen molar-refractivity contribution in [3.63, 3.8) is 0 Å². The van der Waals surface area contributed by atoms with E-state index in [1.54, 1.807) is 8.85 Å². The van der Waals surface area contributed by atoms with Gasteiger partial charge in [-0.1, -0.05) is 106 Å². The molecule has 0 bridgehead atoms. The van der Waals surface area contributed by atoms with Gasteiger partial charge in [0.15, 0.2) is 0 Å². The first-order valence-electron chi connectivity index (χ1n) is 8.34. The molecule has 0 saturated carbocycles. The highest BCUT2D eigenvalue weighted by atomic mass is 27.2. The van der Waals surface area contributed by atoms with E-state index in [9.17, 15) is 0 Å². The molecule has 0 aromatic heterocycles. The molecule has 0 aliphatic carbocycles. The summed E-state index contributed by atoms with van der Waals surface area (Å²) in [5.41, 5.74) is 0. The maximum atomic E-state index is 2.35. The van der Waals surface area contributed by atoms with E-state index in [1.807, 2.05) is 0 Å². The summed E-state index contributed by atoms with van der Waals surface area (Å²) in [5, 5.41) is 6.82. The van der Waals surface area contributed by atoms with Crippen molar-refractivity contribution in [1.82, 2.24) is 0 Å². The summed E-state index contributed by atoms with van der Waals surface area (Å²) in [4.78, 5) is 0. The average molecular weight is 310 g/mol. The normalized spacial score (nSPS) is 11.0. The predicted molar refractivity (Wildman–Crippen MR) is 103 cm³/mol. The van der Waals surface area contributed by atoms with Crippen molar-refractivity contribution in [1.29, 1.82) is 0 Å². The largest absolute Gasteiger partial charge is 0.347 e. The van der Waals surface area contributed by atoms with Gasteiger partial charge in [-0.3, -0.25) is 0 Å². The number of fused-ring (bicyclic) bond motifs is 2. The Kier molecular flexibility index (Phi) is 3.92. The summed E-state index contributed by atoms with van der Waals surface area (Å²) in [5.74, 6) is 0. The number of rotatable bonds is 3. The molecule has 0 unspecified atom stereocenters. The van der Waals surface area contributed by atoms with Crippen LogP contribution in [0.25, 0.3) is 21.5 Å². The molecule has 1 heteroatoms. The van der Waals surface area contributed by atoms with Gasteiger partial charge in [0, 0.05) is 0 Å². The van der Waals surface area contributed by atoms with Crippen molar-refractivity contribution in [3.8, 4) is 0 Å². The summed E-state index contributed by atoms with van der Waals surface area (Å²) >= 11 is -1.23. The monoisotopic (exact) mass is 310 g/mol. The Bertz CT molecular complexity index is 882. The number of hydrogen-bond acceptors (Lipinski definition) is 0. The molecule has 0 aliphatic heterocycles. The van der Waals surface area contributed by atoms with Gasteiger partial charge in [-0.2, -0.15) is 0 Å². The third kappa shape index (κ3) is 2.57. The van der Waals surface area contributed by atoms with Crippen molar-refractivity contribution in [2.45, 2.75) is 12.2 Å². The van der Waals surface area contributed by atoms with Crippen LogP contribution in [0.15, 0.2) is 84.9 Å². The van der Waals surface area contributed by atoms with E-state index >= 15 is 0 Å². The first-order valence-corrected chi connectivity index (χ1v) is 10.3. The maximum Gasteiger partial charge on any atom is 0.347 e. The molecule has 0 heterocycles. The van der Waals surface area contributed by atoms with E-state index in [1.165, 1.54) is 26.8 Å². The van der Waals surface area contributed by atoms with Crippen LogP contribution in [0.2, 0.25) is 5.28 Å². The molecule has 4 rings (SSSR count). The average Bonchev–Trinajstić information content (AvgIpc) is 2.63. The van der Waals surface area contributed by atoms with Crippen LogP contribution in [0.1, 0.15) is 6.92 Å². The summed E-state index contributed by atoms with van der Waals surface area (Å²) in [7, 11) is 0.